The van der Waals surface area contributed by atoms with E-state index >= 15 is 0 Å². The van der Waals surface area contributed by atoms with Crippen LogP contribution >= 0.6 is 0 Å². The molecule has 2 heterocycles. The summed E-state index contributed by atoms with van der Waals surface area (Å²) in [7, 11) is 0. The van der Waals surface area contributed by atoms with Crippen LogP contribution in [0.5, 0.6) is 0 Å². The van der Waals surface area contributed by atoms with Gasteiger partial charge in [-0.05, 0) is 24.6 Å². The molecule has 24 heavy (non-hydrogen) atoms. The van der Waals surface area contributed by atoms with Crippen molar-refractivity contribution < 1.29 is 4.79 Å². The van der Waals surface area contributed by atoms with Crippen molar-refractivity contribution in [2.45, 2.75) is 6.92 Å². The van der Waals surface area contributed by atoms with Crippen LogP contribution in [0.4, 0.5) is 5.95 Å². The van der Waals surface area contributed by atoms with Crippen molar-refractivity contribution in [1.29, 1.82) is 0 Å². The van der Waals surface area contributed by atoms with Gasteiger partial charge in [0.2, 0.25) is 5.95 Å². The summed E-state index contributed by atoms with van der Waals surface area (Å²) in [6.45, 7) is 1.99. The lowest BCUT2D eigenvalue weighted by molar-refractivity contribution is 0.101. The number of nitrogens with zero attached hydrogens (tertiary/aromatic N) is 3. The Labute approximate surface area is 137 Å². The van der Waals surface area contributed by atoms with E-state index in [0.29, 0.717) is 5.82 Å². The van der Waals surface area contributed by atoms with Crippen LogP contribution in [0.1, 0.15) is 16.2 Å². The largest absolute Gasteiger partial charge is 0.334 e. The van der Waals surface area contributed by atoms with Crippen molar-refractivity contribution in [3.63, 3.8) is 0 Å². The number of hydrogen-bond donors (Lipinski definition) is 3. The predicted octanol–water partition coefficient (Wildman–Crippen LogP) is 2.91. The third-order valence-corrected chi connectivity index (χ3v) is 3.72. The van der Waals surface area contributed by atoms with Crippen LogP contribution in [0.3, 0.4) is 0 Å². The zero-order valence-corrected chi connectivity index (χ0v) is 12.9. The lowest BCUT2D eigenvalue weighted by atomic mass is 10.1. The molecule has 4 aromatic rings. The summed E-state index contributed by atoms with van der Waals surface area (Å²) >= 11 is 0. The zero-order valence-electron chi connectivity index (χ0n) is 12.9. The molecule has 0 unspecified atom stereocenters. The number of carbonyl (C=O) groups is 1. The van der Waals surface area contributed by atoms with Crippen LogP contribution in [0, 0.1) is 6.92 Å². The first-order valence-electron chi connectivity index (χ1n) is 7.45. The summed E-state index contributed by atoms with van der Waals surface area (Å²) in [6, 6.07) is 15.3. The first kappa shape index (κ1) is 14.1. The molecule has 0 fully saturated rings. The molecule has 7 heteroatoms. The summed E-state index contributed by atoms with van der Waals surface area (Å²) < 4.78 is 0. The summed E-state index contributed by atoms with van der Waals surface area (Å²) in [5.74, 6) is 0.645. The molecule has 7 nitrogen and oxygen atoms in total. The molecular formula is C17H14N6O. The number of benzene rings is 2. The molecule has 0 aliphatic heterocycles. The fourth-order valence-electron chi connectivity index (χ4n) is 2.50. The second kappa shape index (κ2) is 5.62. The predicted molar refractivity (Wildman–Crippen MR) is 90.6 cm³/mol. The number of fused-ring (bicyclic) bond motifs is 1. The number of aryl methyl sites for hydroxylation is 1. The maximum atomic E-state index is 12.3. The molecule has 0 saturated carbocycles. The highest BCUT2D eigenvalue weighted by atomic mass is 16.2. The van der Waals surface area contributed by atoms with E-state index in [0.717, 1.165) is 22.2 Å². The number of amides is 1. The van der Waals surface area contributed by atoms with Gasteiger partial charge in [-0.15, -0.1) is 5.10 Å². The second-order valence-corrected chi connectivity index (χ2v) is 5.38. The summed E-state index contributed by atoms with van der Waals surface area (Å²) in [5, 5.41) is 9.53. The highest BCUT2D eigenvalue weighted by Gasteiger charge is 2.14. The molecule has 0 spiro atoms. The molecule has 0 aliphatic carbocycles. The lowest BCUT2D eigenvalue weighted by Crippen LogP contribution is -2.14. The highest BCUT2D eigenvalue weighted by molar-refractivity contribution is 6.02. The average molecular weight is 318 g/mol. The number of carbonyl (C=O) groups excluding carboxylic acids is 1. The van der Waals surface area contributed by atoms with Crippen LogP contribution in [0.25, 0.3) is 22.4 Å². The van der Waals surface area contributed by atoms with Gasteiger partial charge in [-0.2, -0.15) is 4.98 Å². The molecule has 0 bridgehead atoms. The molecule has 0 atom stereocenters. The Hall–Kier alpha value is -3.48. The van der Waals surface area contributed by atoms with Gasteiger partial charge < -0.3 is 4.98 Å². The standard InChI is InChI=1S/C17H14N6O/c1-10-6-2-3-7-11(10)14-20-17(23-22-14)21-16(24)15-18-12-8-4-5-9-13(12)19-15/h2-9H,1H3,(H,18,19)(H2,20,21,22,23,24). The number of para-hydroxylation sites is 2. The minimum Gasteiger partial charge on any atom is -0.334 e. The summed E-state index contributed by atoms with van der Waals surface area (Å²) in [4.78, 5) is 23.8. The van der Waals surface area contributed by atoms with Crippen molar-refractivity contribution in [3.8, 4) is 11.4 Å². The Bertz CT molecular complexity index is 999. The van der Waals surface area contributed by atoms with Crippen LogP contribution in [-0.2, 0) is 0 Å². The Morgan fingerprint density at radius 3 is 2.67 bits per heavy atom. The van der Waals surface area contributed by atoms with E-state index in [1.165, 1.54) is 0 Å². The molecule has 0 saturated heterocycles. The Kier molecular flexibility index (Phi) is 3.31. The monoisotopic (exact) mass is 318 g/mol. The SMILES string of the molecule is Cc1ccccc1-c1nc(NC(=O)c2nc3ccccc3[nH]2)n[nH]1. The number of aromatic amines is 2. The molecule has 118 valence electrons. The minimum atomic E-state index is -0.387. The van der Waals surface area contributed by atoms with E-state index in [2.05, 4.69) is 30.5 Å². The smallest absolute Gasteiger partial charge is 0.293 e. The average Bonchev–Trinajstić information content (AvgIpc) is 3.22. The number of hydrogen-bond acceptors (Lipinski definition) is 4. The van der Waals surface area contributed by atoms with Crippen molar-refractivity contribution in [3.05, 3.63) is 59.9 Å². The van der Waals surface area contributed by atoms with Crippen molar-refractivity contribution in [2.75, 3.05) is 5.32 Å². The Morgan fingerprint density at radius 2 is 1.83 bits per heavy atom. The Balaban J connectivity index is 1.57. The first-order chi connectivity index (χ1) is 11.7. The van der Waals surface area contributed by atoms with Gasteiger partial charge in [0.1, 0.15) is 0 Å². The third-order valence-electron chi connectivity index (χ3n) is 3.72. The van der Waals surface area contributed by atoms with Crippen molar-refractivity contribution >= 4 is 22.9 Å². The molecule has 0 radical (unpaired) electrons. The Morgan fingerprint density at radius 1 is 1.04 bits per heavy atom. The molecule has 1 amide bonds. The normalized spacial score (nSPS) is 10.9. The molecule has 3 N–H and O–H groups in total. The summed E-state index contributed by atoms with van der Waals surface area (Å²) in [6.07, 6.45) is 0. The van der Waals surface area contributed by atoms with Crippen LogP contribution < -0.4 is 5.32 Å². The third kappa shape index (κ3) is 2.52. The van der Waals surface area contributed by atoms with Crippen LogP contribution in [0.2, 0.25) is 0 Å². The molecule has 4 rings (SSSR count). The number of aromatic nitrogens is 5. The number of imidazole rings is 1. The number of rotatable bonds is 3. The fourth-order valence-corrected chi connectivity index (χ4v) is 2.50. The van der Waals surface area contributed by atoms with Gasteiger partial charge in [-0.25, -0.2) is 4.98 Å². The number of anilines is 1. The maximum absolute atomic E-state index is 12.3. The van der Waals surface area contributed by atoms with Gasteiger partial charge in [0.25, 0.3) is 5.91 Å². The van der Waals surface area contributed by atoms with E-state index in [4.69, 9.17) is 0 Å². The van der Waals surface area contributed by atoms with Crippen LogP contribution in [-0.4, -0.2) is 31.1 Å². The van der Waals surface area contributed by atoms with E-state index in [-0.39, 0.29) is 17.7 Å². The highest BCUT2D eigenvalue weighted by Crippen LogP contribution is 2.20. The zero-order chi connectivity index (χ0) is 16.5. The van der Waals surface area contributed by atoms with Gasteiger partial charge in [0, 0.05) is 5.56 Å². The molecule has 2 aromatic carbocycles. The lowest BCUT2D eigenvalue weighted by Gasteiger charge is -1.99. The van der Waals surface area contributed by atoms with Crippen molar-refractivity contribution in [1.82, 2.24) is 25.1 Å². The maximum Gasteiger partial charge on any atom is 0.293 e. The molecular weight excluding hydrogens is 304 g/mol. The van der Waals surface area contributed by atoms with E-state index < -0.39 is 0 Å². The number of nitrogens with one attached hydrogen (secondary N) is 3. The van der Waals surface area contributed by atoms with Gasteiger partial charge in [-0.1, -0.05) is 36.4 Å². The van der Waals surface area contributed by atoms with Crippen molar-refractivity contribution in [2.24, 2.45) is 0 Å². The number of H-pyrrole nitrogens is 2. The van der Waals surface area contributed by atoms with Gasteiger partial charge in [0.15, 0.2) is 11.6 Å². The van der Waals surface area contributed by atoms with Gasteiger partial charge in [-0.3, -0.25) is 15.2 Å². The minimum absolute atomic E-state index is 0.207. The second-order valence-electron chi connectivity index (χ2n) is 5.38. The quantitative estimate of drug-likeness (QED) is 0.541. The summed E-state index contributed by atoms with van der Waals surface area (Å²) in [5.41, 5.74) is 3.55. The topological polar surface area (TPSA) is 99.3 Å². The first-order valence-corrected chi connectivity index (χ1v) is 7.45. The van der Waals surface area contributed by atoms with Gasteiger partial charge >= 0.3 is 0 Å². The molecule has 0 aliphatic rings. The van der Waals surface area contributed by atoms with E-state index in [1.54, 1.807) is 0 Å². The molecule has 2 aromatic heterocycles. The van der Waals surface area contributed by atoms with Crippen LogP contribution in [0.15, 0.2) is 48.5 Å². The van der Waals surface area contributed by atoms with E-state index in [1.807, 2.05) is 55.5 Å². The van der Waals surface area contributed by atoms with Gasteiger partial charge in [0.05, 0.1) is 11.0 Å². The fraction of sp³-hybridized carbons (Fsp3) is 0.0588. The van der Waals surface area contributed by atoms with E-state index in [9.17, 15) is 4.79 Å².